The molecule has 1 fully saturated rings. The van der Waals surface area contributed by atoms with Gasteiger partial charge in [0.15, 0.2) is 0 Å². The lowest BCUT2D eigenvalue weighted by molar-refractivity contribution is -0.146. The first-order valence-electron chi connectivity index (χ1n) is 7.59. The van der Waals surface area contributed by atoms with Crippen molar-refractivity contribution in [2.24, 2.45) is 17.8 Å². The fourth-order valence-electron chi connectivity index (χ4n) is 2.83. The van der Waals surface area contributed by atoms with Crippen LogP contribution in [0.2, 0.25) is 0 Å². The van der Waals surface area contributed by atoms with Crippen molar-refractivity contribution < 1.29 is 19.5 Å². The molecule has 0 saturated heterocycles. The lowest BCUT2D eigenvalue weighted by Gasteiger charge is -2.20. The van der Waals surface area contributed by atoms with Gasteiger partial charge in [-0.2, -0.15) is 0 Å². The molecule has 0 aromatic heterocycles. The van der Waals surface area contributed by atoms with E-state index in [1.54, 1.807) is 6.92 Å². The van der Waals surface area contributed by atoms with Crippen LogP contribution < -0.4 is 10.6 Å². The molecule has 0 aliphatic heterocycles. The molecule has 120 valence electrons. The maximum Gasteiger partial charge on any atom is 0.307 e. The summed E-state index contributed by atoms with van der Waals surface area (Å²) in [7, 11) is 0. The summed E-state index contributed by atoms with van der Waals surface area (Å²) < 4.78 is 0. The highest BCUT2D eigenvalue weighted by Crippen LogP contribution is 2.38. The molecule has 1 aliphatic carbocycles. The van der Waals surface area contributed by atoms with Gasteiger partial charge < -0.3 is 15.7 Å². The lowest BCUT2D eigenvalue weighted by Crippen LogP contribution is -2.49. The van der Waals surface area contributed by atoms with Crippen molar-refractivity contribution in [3.05, 3.63) is 0 Å². The topological polar surface area (TPSA) is 95.5 Å². The first-order valence-corrected chi connectivity index (χ1v) is 7.59. The predicted octanol–water partition coefficient (Wildman–Crippen LogP) is 1.15. The minimum Gasteiger partial charge on any atom is -0.481 e. The Bertz CT molecular complexity index is 408. The Morgan fingerprint density at radius 3 is 2.14 bits per heavy atom. The Kier molecular flexibility index (Phi) is 6.18. The molecule has 0 radical (unpaired) electrons. The van der Waals surface area contributed by atoms with Crippen LogP contribution in [-0.2, 0) is 14.4 Å². The molecule has 21 heavy (non-hydrogen) atoms. The van der Waals surface area contributed by atoms with E-state index in [-0.39, 0.29) is 23.8 Å². The number of carbonyl (C=O) groups excluding carboxylic acids is 2. The summed E-state index contributed by atoms with van der Waals surface area (Å²) in [5, 5.41) is 14.6. The summed E-state index contributed by atoms with van der Waals surface area (Å²) in [6.45, 7) is 7.30. The fourth-order valence-corrected chi connectivity index (χ4v) is 2.83. The second kappa shape index (κ2) is 7.43. The van der Waals surface area contributed by atoms with E-state index in [4.69, 9.17) is 0 Å². The molecule has 4 unspecified atom stereocenters. The van der Waals surface area contributed by atoms with Gasteiger partial charge in [-0.1, -0.05) is 13.3 Å². The number of hydrogen-bond donors (Lipinski definition) is 3. The summed E-state index contributed by atoms with van der Waals surface area (Å²) in [6, 6.07) is -0.658. The number of carboxylic acid groups (broad SMARTS) is 1. The Labute approximate surface area is 125 Å². The average Bonchev–Trinajstić information content (AvgIpc) is 2.82. The second-order valence-corrected chi connectivity index (χ2v) is 6.19. The third-order valence-corrected chi connectivity index (χ3v) is 4.07. The quantitative estimate of drug-likeness (QED) is 0.685. The molecule has 6 nitrogen and oxygen atoms in total. The normalized spacial score (nSPS) is 26.4. The molecule has 0 aromatic rings. The molecule has 4 atom stereocenters. The first kappa shape index (κ1) is 17.5. The van der Waals surface area contributed by atoms with Crippen molar-refractivity contribution in [3.8, 4) is 0 Å². The van der Waals surface area contributed by atoms with Gasteiger partial charge in [-0.25, -0.2) is 0 Å². The standard InChI is InChI=1S/C15H26N2O4/c1-5-10-6-11(12(7-10)15(20)21)14(19)17-9(4)13(18)16-8(2)3/h8-12H,5-7H2,1-4H3,(H,16,18)(H,17,19)(H,20,21). The SMILES string of the molecule is CCC1CC(C(=O)O)C(C(=O)NC(C)C(=O)NC(C)C)C1. The molecule has 3 N–H and O–H groups in total. The predicted molar refractivity (Wildman–Crippen MR) is 78.5 cm³/mol. The van der Waals surface area contributed by atoms with Crippen LogP contribution >= 0.6 is 0 Å². The number of nitrogens with one attached hydrogen (secondary N) is 2. The van der Waals surface area contributed by atoms with Gasteiger partial charge in [-0.3, -0.25) is 14.4 Å². The largest absolute Gasteiger partial charge is 0.481 e. The minimum absolute atomic E-state index is 0.000396. The summed E-state index contributed by atoms with van der Waals surface area (Å²) >= 11 is 0. The average molecular weight is 298 g/mol. The number of carbonyl (C=O) groups is 3. The molecule has 1 aliphatic rings. The Balaban J connectivity index is 2.65. The molecule has 1 saturated carbocycles. The van der Waals surface area contributed by atoms with Crippen molar-refractivity contribution in [1.82, 2.24) is 10.6 Å². The van der Waals surface area contributed by atoms with E-state index in [1.165, 1.54) is 0 Å². The van der Waals surface area contributed by atoms with Gasteiger partial charge in [-0.15, -0.1) is 0 Å². The van der Waals surface area contributed by atoms with Crippen LogP contribution in [-0.4, -0.2) is 35.0 Å². The van der Waals surface area contributed by atoms with Crippen LogP contribution in [0.1, 0.15) is 47.0 Å². The molecule has 2 amide bonds. The highest BCUT2D eigenvalue weighted by Gasteiger charge is 2.42. The van der Waals surface area contributed by atoms with Gasteiger partial charge >= 0.3 is 5.97 Å². The third-order valence-electron chi connectivity index (χ3n) is 4.07. The molecule has 0 spiro atoms. The monoisotopic (exact) mass is 298 g/mol. The van der Waals surface area contributed by atoms with Crippen molar-refractivity contribution >= 4 is 17.8 Å². The van der Waals surface area contributed by atoms with E-state index in [0.29, 0.717) is 12.8 Å². The number of rotatable bonds is 6. The van der Waals surface area contributed by atoms with Crippen molar-refractivity contribution in [2.75, 3.05) is 0 Å². The smallest absolute Gasteiger partial charge is 0.307 e. The second-order valence-electron chi connectivity index (χ2n) is 6.19. The lowest BCUT2D eigenvalue weighted by atomic mass is 9.95. The van der Waals surface area contributed by atoms with Crippen LogP contribution in [0.15, 0.2) is 0 Å². The van der Waals surface area contributed by atoms with Crippen LogP contribution in [0.4, 0.5) is 0 Å². The maximum atomic E-state index is 12.3. The number of amides is 2. The van der Waals surface area contributed by atoms with E-state index in [1.807, 2.05) is 20.8 Å². The number of carboxylic acids is 1. The summed E-state index contributed by atoms with van der Waals surface area (Å²) in [5.74, 6) is -2.43. The van der Waals surface area contributed by atoms with Crippen LogP contribution in [0, 0.1) is 17.8 Å². The van der Waals surface area contributed by atoms with Gasteiger partial charge in [0.2, 0.25) is 11.8 Å². The molecule has 0 heterocycles. The van der Waals surface area contributed by atoms with E-state index in [2.05, 4.69) is 10.6 Å². The third kappa shape index (κ3) is 4.72. The molecule has 0 aromatic carbocycles. The maximum absolute atomic E-state index is 12.3. The first-order chi connectivity index (χ1) is 9.76. The Morgan fingerprint density at radius 1 is 1.10 bits per heavy atom. The van der Waals surface area contributed by atoms with Crippen molar-refractivity contribution in [1.29, 1.82) is 0 Å². The zero-order chi connectivity index (χ0) is 16.2. The zero-order valence-corrected chi connectivity index (χ0v) is 13.2. The molecular formula is C15H26N2O4. The van der Waals surface area contributed by atoms with Crippen molar-refractivity contribution in [2.45, 2.75) is 59.0 Å². The van der Waals surface area contributed by atoms with Gasteiger partial charge in [0.1, 0.15) is 6.04 Å². The molecule has 6 heteroatoms. The van der Waals surface area contributed by atoms with Crippen LogP contribution in [0.3, 0.4) is 0 Å². The van der Waals surface area contributed by atoms with E-state index in [0.717, 1.165) is 6.42 Å². The molecule has 1 rings (SSSR count). The zero-order valence-electron chi connectivity index (χ0n) is 13.2. The van der Waals surface area contributed by atoms with Gasteiger partial charge in [0.05, 0.1) is 11.8 Å². The van der Waals surface area contributed by atoms with E-state index < -0.39 is 23.8 Å². The highest BCUT2D eigenvalue weighted by atomic mass is 16.4. The van der Waals surface area contributed by atoms with E-state index >= 15 is 0 Å². The van der Waals surface area contributed by atoms with Crippen LogP contribution in [0.25, 0.3) is 0 Å². The Hall–Kier alpha value is -1.59. The Morgan fingerprint density at radius 2 is 1.67 bits per heavy atom. The van der Waals surface area contributed by atoms with Gasteiger partial charge in [0, 0.05) is 6.04 Å². The fraction of sp³-hybridized carbons (Fsp3) is 0.800. The van der Waals surface area contributed by atoms with E-state index in [9.17, 15) is 19.5 Å². The van der Waals surface area contributed by atoms with Gasteiger partial charge in [-0.05, 0) is 39.5 Å². The summed E-state index contributed by atoms with van der Waals surface area (Å²) in [5.41, 5.74) is 0. The summed E-state index contributed by atoms with van der Waals surface area (Å²) in [4.78, 5) is 35.3. The summed E-state index contributed by atoms with van der Waals surface area (Å²) in [6.07, 6.45) is 1.99. The molecular weight excluding hydrogens is 272 g/mol. The van der Waals surface area contributed by atoms with Crippen LogP contribution in [0.5, 0.6) is 0 Å². The van der Waals surface area contributed by atoms with Crippen molar-refractivity contribution in [3.63, 3.8) is 0 Å². The number of hydrogen-bond acceptors (Lipinski definition) is 3. The number of aliphatic carboxylic acids is 1. The van der Waals surface area contributed by atoms with Gasteiger partial charge in [0.25, 0.3) is 0 Å². The minimum atomic E-state index is -0.926. The molecule has 0 bridgehead atoms. The highest BCUT2D eigenvalue weighted by molar-refractivity contribution is 5.90.